The van der Waals surface area contributed by atoms with E-state index >= 15 is 0 Å². The molecule has 0 saturated carbocycles. The molecule has 0 aromatic heterocycles. The quantitative estimate of drug-likeness (QED) is 0.303. The summed E-state index contributed by atoms with van der Waals surface area (Å²) in [7, 11) is 0. The van der Waals surface area contributed by atoms with E-state index in [0.29, 0.717) is 22.7 Å². The summed E-state index contributed by atoms with van der Waals surface area (Å²) in [4.78, 5) is 31.1. The van der Waals surface area contributed by atoms with E-state index in [-0.39, 0.29) is 18.4 Å². The van der Waals surface area contributed by atoms with E-state index in [9.17, 15) is 14.0 Å². The van der Waals surface area contributed by atoms with Gasteiger partial charge in [0.25, 0.3) is 5.91 Å². The Kier molecular flexibility index (Phi) is 8.44. The molecule has 0 bridgehead atoms. The van der Waals surface area contributed by atoms with E-state index < -0.39 is 5.82 Å². The first kappa shape index (κ1) is 25.5. The number of anilines is 2. The molecule has 1 aliphatic rings. The van der Waals surface area contributed by atoms with Crippen molar-refractivity contribution in [1.82, 2.24) is 5.32 Å². The summed E-state index contributed by atoms with van der Waals surface area (Å²) in [6.45, 7) is 6.30. The van der Waals surface area contributed by atoms with Crippen molar-refractivity contribution in [3.63, 3.8) is 0 Å². The number of halogens is 1. The van der Waals surface area contributed by atoms with Crippen molar-refractivity contribution in [2.24, 2.45) is 0 Å². The Bertz CT molecular complexity index is 1280. The van der Waals surface area contributed by atoms with Crippen molar-refractivity contribution < 1.29 is 14.0 Å². The van der Waals surface area contributed by atoms with Crippen LogP contribution in [0.3, 0.4) is 0 Å². The highest BCUT2D eigenvalue weighted by molar-refractivity contribution is 8.04. The zero-order valence-electron chi connectivity index (χ0n) is 20.5. The maximum atomic E-state index is 14.2. The van der Waals surface area contributed by atoms with Crippen LogP contribution in [0.2, 0.25) is 0 Å². The van der Waals surface area contributed by atoms with E-state index in [2.05, 4.69) is 48.3 Å². The Morgan fingerprint density at radius 2 is 1.86 bits per heavy atom. The number of nitrogens with one attached hydrogen (secondary N) is 1. The van der Waals surface area contributed by atoms with Gasteiger partial charge in [-0.1, -0.05) is 54.2 Å². The Labute approximate surface area is 216 Å². The molecule has 0 spiro atoms. The average molecular weight is 504 g/mol. The summed E-state index contributed by atoms with van der Waals surface area (Å²) in [6.07, 6.45) is 2.33. The molecular formula is C29H30FN3O2S. The molecule has 4 rings (SSSR count). The standard InChI is InChI=1S/C29H30FN3O2S/c1-3-32(23-12-8-10-21(2)18-23)17-9-16-31-28(34)20-33-25-14-6-7-15-26(25)36-27(29(33)35)19-22-11-4-5-13-24(22)30/h4-8,10-15,18-19H,3,9,16-17,20H2,1-2H3,(H,31,34). The number of para-hydroxylation sites is 1. The SMILES string of the molecule is CCN(CCCNC(=O)CN1C(=O)C(=Cc2ccccc2F)Sc2ccccc21)c1cccc(C)c1. The third-order valence-electron chi connectivity index (χ3n) is 6.00. The van der Waals surface area contributed by atoms with Crippen LogP contribution in [-0.4, -0.2) is 38.0 Å². The van der Waals surface area contributed by atoms with Gasteiger partial charge in [0.05, 0.1) is 10.6 Å². The maximum Gasteiger partial charge on any atom is 0.265 e. The van der Waals surface area contributed by atoms with Crippen LogP contribution in [0, 0.1) is 12.7 Å². The van der Waals surface area contributed by atoms with Gasteiger partial charge in [0, 0.05) is 35.8 Å². The van der Waals surface area contributed by atoms with Crippen LogP contribution in [0.25, 0.3) is 6.08 Å². The lowest BCUT2D eigenvalue weighted by Gasteiger charge is -2.30. The van der Waals surface area contributed by atoms with Crippen LogP contribution in [0.1, 0.15) is 24.5 Å². The second-order valence-corrected chi connectivity index (χ2v) is 9.70. The number of amides is 2. The fourth-order valence-corrected chi connectivity index (χ4v) is 5.19. The minimum atomic E-state index is -0.395. The summed E-state index contributed by atoms with van der Waals surface area (Å²) in [5.41, 5.74) is 3.41. The van der Waals surface area contributed by atoms with Gasteiger partial charge in [-0.15, -0.1) is 0 Å². The molecule has 1 aliphatic heterocycles. The van der Waals surface area contributed by atoms with Gasteiger partial charge in [0.15, 0.2) is 0 Å². The van der Waals surface area contributed by atoms with E-state index in [1.807, 2.05) is 24.3 Å². The first-order valence-electron chi connectivity index (χ1n) is 12.1. The molecule has 1 heterocycles. The molecule has 3 aromatic carbocycles. The molecule has 5 nitrogen and oxygen atoms in total. The zero-order chi connectivity index (χ0) is 25.5. The monoisotopic (exact) mass is 503 g/mol. The molecule has 36 heavy (non-hydrogen) atoms. The number of nitrogens with zero attached hydrogens (tertiary/aromatic N) is 2. The molecular weight excluding hydrogens is 473 g/mol. The molecule has 2 amide bonds. The Morgan fingerprint density at radius 3 is 2.64 bits per heavy atom. The highest BCUT2D eigenvalue weighted by atomic mass is 32.2. The topological polar surface area (TPSA) is 52.7 Å². The van der Waals surface area contributed by atoms with Crippen molar-refractivity contribution in [2.45, 2.75) is 25.2 Å². The molecule has 0 unspecified atom stereocenters. The summed E-state index contributed by atoms with van der Waals surface area (Å²) in [5.74, 6) is -0.934. The maximum absolute atomic E-state index is 14.2. The average Bonchev–Trinajstić information content (AvgIpc) is 2.88. The highest BCUT2D eigenvalue weighted by Gasteiger charge is 2.30. The highest BCUT2D eigenvalue weighted by Crippen LogP contribution is 2.42. The van der Waals surface area contributed by atoms with Gasteiger partial charge in [0.2, 0.25) is 5.91 Å². The number of rotatable bonds is 9. The van der Waals surface area contributed by atoms with Crippen LogP contribution in [0.5, 0.6) is 0 Å². The molecule has 3 aromatic rings. The molecule has 0 fully saturated rings. The third kappa shape index (κ3) is 6.15. The van der Waals surface area contributed by atoms with E-state index in [1.54, 1.807) is 24.3 Å². The largest absolute Gasteiger partial charge is 0.372 e. The van der Waals surface area contributed by atoms with E-state index in [1.165, 1.54) is 34.0 Å². The van der Waals surface area contributed by atoms with Crippen LogP contribution in [-0.2, 0) is 9.59 Å². The minimum absolute atomic E-state index is 0.0968. The van der Waals surface area contributed by atoms with Gasteiger partial charge in [-0.05, 0) is 62.2 Å². The molecule has 7 heteroatoms. The molecule has 0 atom stereocenters. The fraction of sp³-hybridized carbons (Fsp3) is 0.241. The summed E-state index contributed by atoms with van der Waals surface area (Å²) in [5, 5.41) is 2.95. The molecule has 0 aliphatic carbocycles. The van der Waals surface area contributed by atoms with Crippen LogP contribution >= 0.6 is 11.8 Å². The predicted molar refractivity (Wildman–Crippen MR) is 146 cm³/mol. The van der Waals surface area contributed by atoms with Gasteiger partial charge in [-0.25, -0.2) is 4.39 Å². The number of fused-ring (bicyclic) bond motifs is 1. The second kappa shape index (κ2) is 11.9. The van der Waals surface area contributed by atoms with Gasteiger partial charge >= 0.3 is 0 Å². The predicted octanol–water partition coefficient (Wildman–Crippen LogP) is 5.65. The summed E-state index contributed by atoms with van der Waals surface area (Å²) >= 11 is 1.29. The Balaban J connectivity index is 1.40. The third-order valence-corrected chi connectivity index (χ3v) is 7.08. The number of hydrogen-bond acceptors (Lipinski definition) is 4. The molecule has 1 N–H and O–H groups in total. The Hall–Kier alpha value is -3.58. The number of benzene rings is 3. The van der Waals surface area contributed by atoms with Gasteiger partial charge in [0.1, 0.15) is 12.4 Å². The van der Waals surface area contributed by atoms with Crippen LogP contribution in [0.15, 0.2) is 82.6 Å². The van der Waals surface area contributed by atoms with E-state index in [4.69, 9.17) is 0 Å². The van der Waals surface area contributed by atoms with Crippen molar-refractivity contribution in [3.8, 4) is 0 Å². The van der Waals surface area contributed by atoms with Crippen LogP contribution < -0.4 is 15.1 Å². The van der Waals surface area contributed by atoms with Crippen molar-refractivity contribution in [3.05, 3.63) is 94.6 Å². The number of aryl methyl sites for hydroxylation is 1. The van der Waals surface area contributed by atoms with Gasteiger partial charge in [-0.3, -0.25) is 14.5 Å². The fourth-order valence-electron chi connectivity index (χ4n) is 4.14. The van der Waals surface area contributed by atoms with Crippen molar-refractivity contribution >= 4 is 41.0 Å². The van der Waals surface area contributed by atoms with E-state index in [0.717, 1.165) is 24.4 Å². The smallest absolute Gasteiger partial charge is 0.265 e. The minimum Gasteiger partial charge on any atom is -0.372 e. The van der Waals surface area contributed by atoms with Crippen LogP contribution in [0.4, 0.5) is 15.8 Å². The zero-order valence-corrected chi connectivity index (χ0v) is 21.4. The second-order valence-electron chi connectivity index (χ2n) is 8.61. The number of carbonyl (C=O) groups is 2. The van der Waals surface area contributed by atoms with Gasteiger partial charge < -0.3 is 10.2 Å². The summed E-state index contributed by atoms with van der Waals surface area (Å²) < 4.78 is 14.2. The van der Waals surface area contributed by atoms with Gasteiger partial charge in [-0.2, -0.15) is 0 Å². The summed E-state index contributed by atoms with van der Waals surface area (Å²) in [6, 6.07) is 22.2. The Morgan fingerprint density at radius 1 is 1.08 bits per heavy atom. The molecule has 186 valence electrons. The number of carbonyl (C=O) groups excluding carboxylic acids is 2. The molecule has 0 radical (unpaired) electrons. The lowest BCUT2D eigenvalue weighted by Crippen LogP contribution is -2.43. The van der Waals surface area contributed by atoms with Crippen molar-refractivity contribution in [2.75, 3.05) is 36.0 Å². The number of thioether (sulfide) groups is 1. The first-order chi connectivity index (χ1) is 17.5. The van der Waals surface area contributed by atoms with Crippen molar-refractivity contribution in [1.29, 1.82) is 0 Å². The lowest BCUT2D eigenvalue weighted by molar-refractivity contribution is -0.122. The lowest BCUT2D eigenvalue weighted by atomic mass is 10.2. The normalized spacial score (nSPS) is 14.0. The molecule has 0 saturated heterocycles. The number of hydrogen-bond donors (Lipinski definition) is 1. The first-order valence-corrected chi connectivity index (χ1v) is 12.9.